The number of methoxy groups -OCH3 is 4. The third kappa shape index (κ3) is 7.45. The summed E-state index contributed by atoms with van der Waals surface area (Å²) in [6, 6.07) is 40.3. The second-order valence-electron chi connectivity index (χ2n) is 13.3. The molecule has 8 nitrogen and oxygen atoms in total. The zero-order chi connectivity index (χ0) is 40.2. The van der Waals surface area contributed by atoms with E-state index < -0.39 is 0 Å². The van der Waals surface area contributed by atoms with Crippen molar-refractivity contribution in [2.75, 3.05) is 28.4 Å². The zero-order valence-corrected chi connectivity index (χ0v) is 34.6. The quantitative estimate of drug-likeness (QED) is 0.149. The van der Waals surface area contributed by atoms with Crippen LogP contribution in [-0.4, -0.2) is 38.4 Å². The topological polar surface area (TPSA) is 90.9 Å². The molecule has 0 unspecified atom stereocenters. The monoisotopic (exact) mass is 870 g/mol. The van der Waals surface area contributed by atoms with E-state index in [1.165, 1.54) is 0 Å². The summed E-state index contributed by atoms with van der Waals surface area (Å²) in [5.41, 5.74) is 13.7. The molecule has 0 spiro atoms. The van der Waals surface area contributed by atoms with Gasteiger partial charge in [0, 0.05) is 0 Å². The van der Waals surface area contributed by atoms with Gasteiger partial charge in [0.1, 0.15) is 23.0 Å². The van der Waals surface area contributed by atoms with Gasteiger partial charge in [-0.25, -0.2) is 9.97 Å². The number of ether oxygens (including phenoxy) is 4. The first-order valence-corrected chi connectivity index (χ1v) is 20.9. The van der Waals surface area contributed by atoms with Crippen molar-refractivity contribution in [1.29, 1.82) is 0 Å². The molecule has 0 aliphatic carbocycles. The molecule has 0 fully saturated rings. The van der Waals surface area contributed by atoms with Crippen molar-refractivity contribution in [3.63, 3.8) is 0 Å². The van der Waals surface area contributed by atoms with Gasteiger partial charge in [0.25, 0.3) is 0 Å². The summed E-state index contributed by atoms with van der Waals surface area (Å²) >= 11 is 6.00. The number of fused-ring (bicyclic) bond motifs is 8. The predicted octanol–water partition coefficient (Wildman–Crippen LogP) is 11.5. The summed E-state index contributed by atoms with van der Waals surface area (Å²) in [7, 11) is 6.67. The van der Waals surface area contributed by atoms with E-state index in [0.29, 0.717) is 0 Å². The number of hydrogen-bond donors (Lipinski definition) is 0. The van der Waals surface area contributed by atoms with Crippen LogP contribution in [0.2, 0.25) is 0 Å². The molecular weight excluding hydrogens is 835 g/mol. The number of rotatable bonds is 8. The first kappa shape index (κ1) is 38.5. The van der Waals surface area contributed by atoms with Crippen molar-refractivity contribution in [3.05, 3.63) is 144 Å². The maximum absolute atomic E-state index is 5.52. The third-order valence-corrected chi connectivity index (χ3v) is 10.1. The Morgan fingerprint density at radius 1 is 0.345 bits per heavy atom. The van der Waals surface area contributed by atoms with Crippen LogP contribution in [0.25, 0.3) is 90.9 Å². The van der Waals surface area contributed by atoms with Gasteiger partial charge in [-0.1, -0.05) is 72.8 Å². The van der Waals surface area contributed by atoms with Crippen molar-refractivity contribution in [3.8, 4) is 67.5 Å². The SMILES string of the molecule is COc1ccc(-c2c3nc(c(-c4ccc(OC)cc4)c4ccc([n-]4)c(-c4ccc(OC)cc4)c4nc(c(-c5ccc(OC)cc5)c5ccc2[n-]5)C=C4)C=C3)cc1.[Co+2][Br]. The van der Waals surface area contributed by atoms with E-state index in [2.05, 4.69) is 76.7 Å². The second-order valence-corrected chi connectivity index (χ2v) is 13.3. The molecule has 0 amide bonds. The van der Waals surface area contributed by atoms with Crippen LogP contribution >= 0.6 is 14.2 Å². The van der Waals surface area contributed by atoms with Gasteiger partial charge in [0.15, 0.2) is 0 Å². The molecule has 3 aromatic heterocycles. The van der Waals surface area contributed by atoms with Crippen molar-refractivity contribution in [2.45, 2.75) is 0 Å². The Balaban J connectivity index is 0.00000231. The summed E-state index contributed by atoms with van der Waals surface area (Å²) < 4.78 is 22.1. The summed E-state index contributed by atoms with van der Waals surface area (Å²) in [6.45, 7) is 0. The summed E-state index contributed by atoms with van der Waals surface area (Å²) in [5, 5.41) is 0. The van der Waals surface area contributed by atoms with Crippen LogP contribution in [0.4, 0.5) is 0 Å². The predicted molar refractivity (Wildman–Crippen MR) is 234 cm³/mol. The number of benzene rings is 4. The normalized spacial score (nSPS) is 11.5. The molecule has 5 heterocycles. The standard InChI is InChI=1S/C48H36N4O4.BrH.Co/c1-53-33-13-5-29(6-14-33)45-37-21-23-39(49-37)46(30-7-15-34(54-2)16-8-30)41-25-27-43(51-41)48(32-11-19-36(56-4)20-12-32)44-28-26-42(52-44)47(40-24-22-38(45)50-40)31-9-17-35(55-3)18-10-31;;/h5-28H,1-4H3;1H;/q-2;;+3/p-1. The third-order valence-electron chi connectivity index (χ3n) is 10.1. The van der Waals surface area contributed by atoms with E-state index in [9.17, 15) is 0 Å². The Bertz CT molecular complexity index is 2450. The van der Waals surface area contributed by atoms with E-state index in [0.717, 1.165) is 112 Å². The molecule has 0 radical (unpaired) electrons. The van der Waals surface area contributed by atoms with Gasteiger partial charge >= 0.3 is 28.1 Å². The van der Waals surface area contributed by atoms with Crippen LogP contribution in [0.15, 0.2) is 121 Å². The fraction of sp³-hybridized carbons (Fsp3) is 0.0833. The van der Waals surface area contributed by atoms with Crippen LogP contribution in [0.5, 0.6) is 23.0 Å². The fourth-order valence-electron chi connectivity index (χ4n) is 7.30. The molecule has 288 valence electrons. The summed E-state index contributed by atoms with van der Waals surface area (Å²) in [4.78, 5) is 21.4. The first-order valence-electron chi connectivity index (χ1n) is 18.3. The van der Waals surface area contributed by atoms with Gasteiger partial charge in [-0.2, -0.15) is 0 Å². The molecule has 7 aromatic rings. The molecule has 4 aromatic carbocycles. The van der Waals surface area contributed by atoms with E-state index in [1.54, 1.807) is 28.4 Å². The number of aromatic nitrogens is 4. The van der Waals surface area contributed by atoms with Gasteiger partial charge in [0.05, 0.1) is 51.2 Å². The van der Waals surface area contributed by atoms with Crippen LogP contribution in [0.3, 0.4) is 0 Å². The molecule has 9 rings (SSSR count). The molecule has 58 heavy (non-hydrogen) atoms. The Kier molecular flexibility index (Phi) is 11.3. The second kappa shape index (κ2) is 17.0. The van der Waals surface area contributed by atoms with Gasteiger partial charge in [-0.15, -0.1) is 22.1 Å². The maximum atomic E-state index is 5.52. The molecule has 0 atom stereocenters. The van der Waals surface area contributed by atoms with Gasteiger partial charge in [0.2, 0.25) is 0 Å². The van der Waals surface area contributed by atoms with Crippen molar-refractivity contribution in [2.24, 2.45) is 0 Å². The average molecular weight is 872 g/mol. The Labute approximate surface area is 351 Å². The zero-order valence-electron chi connectivity index (χ0n) is 32.0. The molecule has 0 saturated carbocycles. The van der Waals surface area contributed by atoms with Gasteiger partial charge in [-0.3, -0.25) is 0 Å². The van der Waals surface area contributed by atoms with E-state index in [1.807, 2.05) is 97.1 Å². The van der Waals surface area contributed by atoms with Crippen LogP contribution < -0.4 is 28.9 Å². The van der Waals surface area contributed by atoms with Crippen LogP contribution in [0, 0.1) is 0 Å². The average Bonchev–Trinajstić information content (AvgIpc) is 4.14. The van der Waals surface area contributed by atoms with E-state index in [4.69, 9.17) is 38.9 Å². The number of halogens is 1. The molecule has 2 aliphatic rings. The van der Waals surface area contributed by atoms with Crippen LogP contribution in [0.1, 0.15) is 22.8 Å². The number of nitrogens with zero attached hydrogens (tertiary/aromatic N) is 4. The summed E-state index contributed by atoms with van der Waals surface area (Å²) in [6.07, 6.45) is 8.23. The van der Waals surface area contributed by atoms with E-state index >= 15 is 0 Å². The first-order chi connectivity index (χ1) is 28.5. The molecule has 0 saturated heterocycles. The molecule has 10 heteroatoms. The van der Waals surface area contributed by atoms with Crippen molar-refractivity contribution in [1.82, 2.24) is 19.9 Å². The molecule has 2 aliphatic heterocycles. The Morgan fingerprint density at radius 3 is 0.741 bits per heavy atom. The van der Waals surface area contributed by atoms with E-state index in [-0.39, 0.29) is 0 Å². The summed E-state index contributed by atoms with van der Waals surface area (Å²) in [5.74, 6) is 3.06. The Morgan fingerprint density at radius 2 is 0.552 bits per heavy atom. The fourth-order valence-corrected chi connectivity index (χ4v) is 7.30. The molecule has 8 bridgehead atoms. The minimum atomic E-state index is 0.766. The molecular formula is C48H36BrCoN4O4. The Hall–Kier alpha value is -6.33. The molecule has 0 N–H and O–H groups in total. The number of hydrogen-bond acceptors (Lipinski definition) is 6. The van der Waals surface area contributed by atoms with Crippen LogP contribution in [-0.2, 0) is 13.9 Å². The van der Waals surface area contributed by atoms with Crippen molar-refractivity contribution < 1.29 is 32.9 Å². The minimum absolute atomic E-state index is 0.766. The van der Waals surface area contributed by atoms with Crippen molar-refractivity contribution >= 4 is 60.5 Å². The van der Waals surface area contributed by atoms with Gasteiger partial charge in [-0.05, 0) is 117 Å². The van der Waals surface area contributed by atoms with Gasteiger partial charge < -0.3 is 28.9 Å².